The zero-order valence-corrected chi connectivity index (χ0v) is 19.8. The number of nitriles is 1. The van der Waals surface area contributed by atoms with Crippen LogP contribution in [0.4, 0.5) is 0 Å². The number of nitrogens with one attached hydrogen (secondary N) is 1. The maximum Gasteiger partial charge on any atom is 0.138 e. The molecule has 0 aliphatic heterocycles. The van der Waals surface area contributed by atoms with Crippen molar-refractivity contribution in [3.05, 3.63) is 28.8 Å². The summed E-state index contributed by atoms with van der Waals surface area (Å²) in [6.45, 7) is 13.0. The number of nitrogens with zero attached hydrogens (tertiary/aromatic N) is 1. The van der Waals surface area contributed by atoms with Gasteiger partial charge in [-0.3, -0.25) is 4.79 Å². The molecule has 1 aromatic rings. The molecule has 5 heteroatoms. The van der Waals surface area contributed by atoms with Crippen molar-refractivity contribution in [2.45, 2.75) is 85.4 Å². The number of halogens is 1. The Morgan fingerprint density at radius 2 is 1.77 bits per heavy atom. The smallest absolute Gasteiger partial charge is 0.138 e. The number of benzene rings is 1. The first kappa shape index (κ1) is 23.1. The highest BCUT2D eigenvalue weighted by atomic mass is 35.5. The molecule has 0 spiro atoms. The maximum atomic E-state index is 12.3. The van der Waals surface area contributed by atoms with Crippen molar-refractivity contribution in [3.63, 3.8) is 0 Å². The van der Waals surface area contributed by atoms with E-state index >= 15 is 0 Å². The molecule has 1 N–H and O–H groups in total. The second kappa shape index (κ2) is 8.52. The average molecular weight is 431 g/mol. The highest BCUT2D eigenvalue weighted by molar-refractivity contribution is 6.31. The highest BCUT2D eigenvalue weighted by Gasteiger charge is 2.63. The quantitative estimate of drug-likeness (QED) is 0.622. The summed E-state index contributed by atoms with van der Waals surface area (Å²) in [5, 5.41) is 13.4. The molecule has 3 rings (SSSR count). The second-order valence-electron chi connectivity index (χ2n) is 10.6. The van der Waals surface area contributed by atoms with E-state index in [2.05, 4.69) is 39.1 Å². The summed E-state index contributed by atoms with van der Waals surface area (Å²) in [6.07, 6.45) is 4.13. The van der Waals surface area contributed by atoms with Crippen LogP contribution in [0.3, 0.4) is 0 Å². The van der Waals surface area contributed by atoms with E-state index in [0.717, 1.165) is 25.7 Å². The second-order valence-corrected chi connectivity index (χ2v) is 11.0. The normalized spacial score (nSPS) is 29.7. The Morgan fingerprint density at radius 1 is 1.17 bits per heavy atom. The van der Waals surface area contributed by atoms with E-state index in [4.69, 9.17) is 21.6 Å². The van der Waals surface area contributed by atoms with Crippen molar-refractivity contribution in [3.8, 4) is 11.8 Å². The minimum atomic E-state index is -0.0471. The summed E-state index contributed by atoms with van der Waals surface area (Å²) in [5.74, 6) is 1.50. The van der Waals surface area contributed by atoms with Crippen LogP contribution in [0.25, 0.3) is 0 Å². The molecule has 0 atom stereocenters. The van der Waals surface area contributed by atoms with Gasteiger partial charge in [0.1, 0.15) is 23.7 Å². The summed E-state index contributed by atoms with van der Waals surface area (Å²) in [4.78, 5) is 12.3. The van der Waals surface area contributed by atoms with Gasteiger partial charge in [0.2, 0.25) is 0 Å². The van der Waals surface area contributed by atoms with Crippen LogP contribution in [0.1, 0.15) is 72.8 Å². The standard InChI is InChI=1S/C25H35ClN2O2/c1-15(2)21(29)16-7-10-18(11-8-16)28-22-24(3,4)23(25(22,5)6)30-19-12-9-17(14-27)20(26)13-19/h9,12-13,15-16,18,22-23,28H,7-8,10-11H2,1-6H3. The molecule has 2 aliphatic rings. The zero-order valence-electron chi connectivity index (χ0n) is 19.1. The van der Waals surface area contributed by atoms with Gasteiger partial charge in [0.15, 0.2) is 0 Å². The van der Waals surface area contributed by atoms with Crippen molar-refractivity contribution >= 4 is 17.4 Å². The lowest BCUT2D eigenvalue weighted by atomic mass is 9.49. The summed E-state index contributed by atoms with van der Waals surface area (Å²) >= 11 is 6.19. The van der Waals surface area contributed by atoms with Crippen LogP contribution < -0.4 is 10.1 Å². The van der Waals surface area contributed by atoms with Gasteiger partial charge < -0.3 is 10.1 Å². The van der Waals surface area contributed by atoms with E-state index in [9.17, 15) is 4.79 Å². The average Bonchev–Trinajstić information content (AvgIpc) is 2.69. The van der Waals surface area contributed by atoms with Gasteiger partial charge in [0.25, 0.3) is 0 Å². The lowest BCUT2D eigenvalue weighted by Gasteiger charge is -2.64. The molecule has 2 fully saturated rings. The summed E-state index contributed by atoms with van der Waals surface area (Å²) in [6, 6.07) is 8.14. The van der Waals surface area contributed by atoms with Crippen LogP contribution in [0, 0.1) is 34.0 Å². The molecule has 2 saturated carbocycles. The maximum absolute atomic E-state index is 12.3. The van der Waals surface area contributed by atoms with Crippen LogP contribution in [0.15, 0.2) is 18.2 Å². The van der Waals surface area contributed by atoms with E-state index in [0.29, 0.717) is 34.2 Å². The topological polar surface area (TPSA) is 62.1 Å². The largest absolute Gasteiger partial charge is 0.489 e. The molecule has 0 radical (unpaired) electrons. The molecule has 1 aromatic carbocycles. The zero-order chi connectivity index (χ0) is 22.3. The van der Waals surface area contributed by atoms with E-state index < -0.39 is 0 Å². The van der Waals surface area contributed by atoms with Gasteiger partial charge in [-0.1, -0.05) is 53.1 Å². The van der Waals surface area contributed by atoms with Gasteiger partial charge in [-0.15, -0.1) is 0 Å². The van der Waals surface area contributed by atoms with E-state index in [1.807, 2.05) is 19.9 Å². The first-order chi connectivity index (χ1) is 14.0. The fourth-order valence-electron chi connectivity index (χ4n) is 5.91. The Morgan fingerprint density at radius 3 is 2.27 bits per heavy atom. The minimum absolute atomic E-state index is 0.0327. The third-order valence-electron chi connectivity index (χ3n) is 7.26. The first-order valence-electron chi connectivity index (χ1n) is 11.1. The lowest BCUT2D eigenvalue weighted by molar-refractivity contribution is -0.172. The third kappa shape index (κ3) is 4.25. The number of rotatable bonds is 6. The number of carbonyl (C=O) groups is 1. The molecule has 0 bridgehead atoms. The fraction of sp³-hybridized carbons (Fsp3) is 0.680. The van der Waals surface area contributed by atoms with Crippen molar-refractivity contribution < 1.29 is 9.53 Å². The summed E-state index contributed by atoms with van der Waals surface area (Å²) in [5.41, 5.74) is 0.366. The van der Waals surface area contributed by atoms with Crippen LogP contribution >= 0.6 is 11.6 Å². The van der Waals surface area contributed by atoms with Gasteiger partial charge in [0.05, 0.1) is 10.6 Å². The molecule has 0 unspecified atom stereocenters. The first-order valence-corrected chi connectivity index (χ1v) is 11.5. The molecule has 0 heterocycles. The summed E-state index contributed by atoms with van der Waals surface area (Å²) < 4.78 is 6.38. The number of hydrogen-bond donors (Lipinski definition) is 1. The minimum Gasteiger partial charge on any atom is -0.489 e. The predicted molar refractivity (Wildman–Crippen MR) is 121 cm³/mol. The van der Waals surface area contributed by atoms with E-state index in [1.54, 1.807) is 12.1 Å². The Bertz CT molecular complexity index is 816. The van der Waals surface area contributed by atoms with Crippen LogP contribution in [0.2, 0.25) is 5.02 Å². The van der Waals surface area contributed by atoms with Crippen LogP contribution in [0.5, 0.6) is 5.75 Å². The highest BCUT2D eigenvalue weighted by Crippen LogP contribution is 2.56. The van der Waals surface area contributed by atoms with Gasteiger partial charge in [0, 0.05) is 40.8 Å². The monoisotopic (exact) mass is 430 g/mol. The van der Waals surface area contributed by atoms with E-state index in [-0.39, 0.29) is 28.8 Å². The SMILES string of the molecule is CC(C)C(=O)C1CCC(NC2C(C)(C)C(Oc3ccc(C#N)c(Cl)c3)C2(C)C)CC1. The Balaban J connectivity index is 1.63. The molecular formula is C25H35ClN2O2. The van der Waals surface area contributed by atoms with Crippen molar-refractivity contribution in [2.75, 3.05) is 0 Å². The van der Waals surface area contributed by atoms with E-state index in [1.165, 1.54) is 0 Å². The number of hydrogen-bond acceptors (Lipinski definition) is 4. The number of ether oxygens (including phenoxy) is 1. The Kier molecular flexibility index (Phi) is 6.56. The van der Waals surface area contributed by atoms with Crippen molar-refractivity contribution in [1.82, 2.24) is 5.32 Å². The van der Waals surface area contributed by atoms with Gasteiger partial charge in [-0.25, -0.2) is 0 Å². The van der Waals surface area contributed by atoms with Gasteiger partial charge >= 0.3 is 0 Å². The molecule has 0 saturated heterocycles. The number of Topliss-reactive ketones (excluding diaryl/α,β-unsaturated/α-hetero) is 1. The Labute approximate surface area is 186 Å². The van der Waals surface area contributed by atoms with Crippen molar-refractivity contribution in [1.29, 1.82) is 5.26 Å². The molecule has 4 nitrogen and oxygen atoms in total. The van der Waals surface area contributed by atoms with Gasteiger partial charge in [-0.05, 0) is 37.8 Å². The van der Waals surface area contributed by atoms with Crippen LogP contribution in [-0.4, -0.2) is 24.0 Å². The molecule has 2 aliphatic carbocycles. The number of carbonyl (C=O) groups excluding carboxylic acids is 1. The summed E-state index contributed by atoms with van der Waals surface area (Å²) in [7, 11) is 0. The van der Waals surface area contributed by atoms with Gasteiger partial charge in [-0.2, -0.15) is 5.26 Å². The molecule has 0 amide bonds. The van der Waals surface area contributed by atoms with Crippen molar-refractivity contribution in [2.24, 2.45) is 22.7 Å². The third-order valence-corrected chi connectivity index (χ3v) is 7.57. The Hall–Kier alpha value is -1.57. The molecule has 164 valence electrons. The fourth-order valence-corrected chi connectivity index (χ4v) is 6.12. The van der Waals surface area contributed by atoms with Crippen LogP contribution in [-0.2, 0) is 4.79 Å². The molecular weight excluding hydrogens is 396 g/mol. The molecule has 0 aromatic heterocycles. The lowest BCUT2D eigenvalue weighted by Crippen LogP contribution is -2.75. The predicted octanol–water partition coefficient (Wildman–Crippen LogP) is 5.77. The molecule has 30 heavy (non-hydrogen) atoms. The number of ketones is 1.